The van der Waals surface area contributed by atoms with E-state index in [0.29, 0.717) is 11.3 Å². The van der Waals surface area contributed by atoms with Gasteiger partial charge in [0.25, 0.3) is 5.91 Å². The molecule has 1 atom stereocenters. The van der Waals surface area contributed by atoms with Crippen molar-refractivity contribution in [2.24, 2.45) is 0 Å². The van der Waals surface area contributed by atoms with E-state index < -0.39 is 35.6 Å². The van der Waals surface area contributed by atoms with Crippen molar-refractivity contribution >= 4 is 17.7 Å². The summed E-state index contributed by atoms with van der Waals surface area (Å²) < 4.78 is 18.8. The number of carbonyl (C=O) groups is 3. The zero-order chi connectivity index (χ0) is 18.9. The summed E-state index contributed by atoms with van der Waals surface area (Å²) in [6.45, 7) is 1.03. The van der Waals surface area contributed by atoms with Crippen molar-refractivity contribution < 1.29 is 23.5 Å². The number of Topliss-reactive ketones (excluding diaryl/α,β-unsaturated/α-hetero) is 1. The van der Waals surface area contributed by atoms with Gasteiger partial charge in [-0.05, 0) is 36.8 Å². The Morgan fingerprint density at radius 2 is 1.81 bits per heavy atom. The number of nitrogens with zero attached hydrogens (tertiary/aromatic N) is 1. The van der Waals surface area contributed by atoms with E-state index in [-0.39, 0.29) is 5.56 Å². The summed E-state index contributed by atoms with van der Waals surface area (Å²) in [6.07, 6.45) is 0. The topological polar surface area (TPSA) is 75.7 Å². The van der Waals surface area contributed by atoms with E-state index in [1.807, 2.05) is 0 Å². The molecule has 1 aliphatic heterocycles. The first kappa shape index (κ1) is 17.6. The molecular formula is C19H17FN2O4. The number of urea groups is 1. The second kappa shape index (κ2) is 6.59. The van der Waals surface area contributed by atoms with E-state index in [2.05, 4.69) is 5.32 Å². The van der Waals surface area contributed by atoms with E-state index in [1.165, 1.54) is 25.3 Å². The van der Waals surface area contributed by atoms with Crippen LogP contribution in [0.25, 0.3) is 0 Å². The first-order valence-electron chi connectivity index (χ1n) is 7.93. The van der Waals surface area contributed by atoms with Crippen LogP contribution in [0.5, 0.6) is 5.75 Å². The fourth-order valence-electron chi connectivity index (χ4n) is 2.88. The van der Waals surface area contributed by atoms with Gasteiger partial charge in [0.15, 0.2) is 5.78 Å². The molecule has 0 radical (unpaired) electrons. The Balaban J connectivity index is 1.84. The lowest BCUT2D eigenvalue weighted by Gasteiger charge is -2.22. The van der Waals surface area contributed by atoms with E-state index in [9.17, 15) is 18.8 Å². The van der Waals surface area contributed by atoms with Crippen LogP contribution in [-0.4, -0.2) is 36.3 Å². The van der Waals surface area contributed by atoms with Crippen molar-refractivity contribution in [3.05, 3.63) is 65.5 Å². The van der Waals surface area contributed by atoms with Crippen LogP contribution in [0.2, 0.25) is 0 Å². The summed E-state index contributed by atoms with van der Waals surface area (Å²) in [7, 11) is 1.52. The molecule has 0 spiro atoms. The molecule has 1 N–H and O–H groups in total. The minimum atomic E-state index is -1.31. The van der Waals surface area contributed by atoms with Crippen molar-refractivity contribution in [2.75, 3.05) is 13.7 Å². The molecule has 0 aromatic heterocycles. The third-order valence-electron chi connectivity index (χ3n) is 4.42. The minimum Gasteiger partial charge on any atom is -0.497 e. The molecule has 1 aliphatic rings. The van der Waals surface area contributed by atoms with Crippen LogP contribution >= 0.6 is 0 Å². The lowest BCUT2D eigenvalue weighted by molar-refractivity contribution is -0.130. The van der Waals surface area contributed by atoms with E-state index in [1.54, 1.807) is 31.2 Å². The molecule has 0 aliphatic carbocycles. The minimum absolute atomic E-state index is 0.161. The van der Waals surface area contributed by atoms with Crippen molar-refractivity contribution in [1.29, 1.82) is 0 Å². The molecule has 6 nitrogen and oxygen atoms in total. The van der Waals surface area contributed by atoms with Gasteiger partial charge in [-0.1, -0.05) is 24.3 Å². The maximum atomic E-state index is 13.8. The van der Waals surface area contributed by atoms with Gasteiger partial charge < -0.3 is 10.1 Å². The summed E-state index contributed by atoms with van der Waals surface area (Å²) in [6, 6.07) is 11.4. The monoisotopic (exact) mass is 356 g/mol. The highest BCUT2D eigenvalue weighted by atomic mass is 19.1. The van der Waals surface area contributed by atoms with Crippen LogP contribution in [0, 0.1) is 5.82 Å². The van der Waals surface area contributed by atoms with Gasteiger partial charge in [-0.2, -0.15) is 0 Å². The first-order chi connectivity index (χ1) is 12.4. The number of carbonyl (C=O) groups excluding carboxylic acids is 3. The number of hydrogen-bond donors (Lipinski definition) is 1. The zero-order valence-corrected chi connectivity index (χ0v) is 14.3. The first-order valence-corrected chi connectivity index (χ1v) is 7.93. The summed E-state index contributed by atoms with van der Waals surface area (Å²) in [5, 5.41) is 2.61. The molecule has 1 heterocycles. The Bertz CT molecular complexity index is 881. The molecule has 0 bridgehead atoms. The Hall–Kier alpha value is -3.22. The molecule has 1 fully saturated rings. The Morgan fingerprint density at radius 1 is 1.15 bits per heavy atom. The van der Waals surface area contributed by atoms with Gasteiger partial charge in [0.2, 0.25) is 0 Å². The van der Waals surface area contributed by atoms with Crippen molar-refractivity contribution in [1.82, 2.24) is 10.2 Å². The largest absolute Gasteiger partial charge is 0.497 e. The maximum absolute atomic E-state index is 13.8. The molecular weight excluding hydrogens is 339 g/mol. The highest BCUT2D eigenvalue weighted by Gasteiger charge is 2.49. The fraction of sp³-hybridized carbons (Fsp3) is 0.211. The van der Waals surface area contributed by atoms with Gasteiger partial charge in [-0.15, -0.1) is 0 Å². The number of nitrogens with one attached hydrogen (secondary N) is 1. The molecule has 3 amide bonds. The molecule has 26 heavy (non-hydrogen) atoms. The number of rotatable bonds is 5. The molecule has 0 unspecified atom stereocenters. The van der Waals surface area contributed by atoms with Crippen LogP contribution in [0.15, 0.2) is 48.5 Å². The highest BCUT2D eigenvalue weighted by molar-refractivity contribution is 6.11. The second-order valence-electron chi connectivity index (χ2n) is 6.08. The van der Waals surface area contributed by atoms with E-state index >= 15 is 0 Å². The number of methoxy groups -OCH3 is 1. The van der Waals surface area contributed by atoms with Crippen LogP contribution in [0.3, 0.4) is 0 Å². The maximum Gasteiger partial charge on any atom is 0.325 e. The third-order valence-corrected chi connectivity index (χ3v) is 4.42. The number of ether oxygens (including phenoxy) is 1. The Kier molecular flexibility index (Phi) is 4.46. The van der Waals surface area contributed by atoms with Crippen molar-refractivity contribution in [2.45, 2.75) is 12.5 Å². The summed E-state index contributed by atoms with van der Waals surface area (Å²) in [4.78, 5) is 38.2. The molecule has 7 heteroatoms. The van der Waals surface area contributed by atoms with Gasteiger partial charge in [0, 0.05) is 0 Å². The average molecular weight is 356 g/mol. The highest BCUT2D eigenvalue weighted by Crippen LogP contribution is 2.30. The second-order valence-corrected chi connectivity index (χ2v) is 6.08. The number of imide groups is 1. The molecule has 2 aromatic carbocycles. The molecule has 2 aromatic rings. The molecule has 1 saturated heterocycles. The van der Waals surface area contributed by atoms with Gasteiger partial charge in [-0.25, -0.2) is 9.18 Å². The third kappa shape index (κ3) is 2.92. The summed E-state index contributed by atoms with van der Waals surface area (Å²) in [5.74, 6) is -1.30. The zero-order valence-electron chi connectivity index (χ0n) is 14.3. The fourth-order valence-corrected chi connectivity index (χ4v) is 2.88. The van der Waals surface area contributed by atoms with E-state index in [0.717, 1.165) is 11.0 Å². The molecule has 134 valence electrons. The van der Waals surface area contributed by atoms with E-state index in [4.69, 9.17) is 4.74 Å². The number of benzene rings is 2. The average Bonchev–Trinajstić information content (AvgIpc) is 2.86. The number of halogens is 1. The van der Waals surface area contributed by atoms with Crippen LogP contribution in [0.1, 0.15) is 22.8 Å². The van der Waals surface area contributed by atoms with Crippen molar-refractivity contribution in [3.8, 4) is 5.75 Å². The van der Waals surface area contributed by atoms with Gasteiger partial charge in [0.1, 0.15) is 17.1 Å². The van der Waals surface area contributed by atoms with Crippen LogP contribution in [-0.2, 0) is 10.3 Å². The van der Waals surface area contributed by atoms with Gasteiger partial charge in [-0.3, -0.25) is 14.5 Å². The Labute approximate surface area is 149 Å². The van der Waals surface area contributed by atoms with Gasteiger partial charge >= 0.3 is 6.03 Å². The van der Waals surface area contributed by atoms with Crippen molar-refractivity contribution in [3.63, 3.8) is 0 Å². The summed E-state index contributed by atoms with van der Waals surface area (Å²) >= 11 is 0. The molecule has 0 saturated carbocycles. The number of hydrogen-bond acceptors (Lipinski definition) is 4. The lowest BCUT2D eigenvalue weighted by atomic mass is 9.92. The Morgan fingerprint density at radius 3 is 2.42 bits per heavy atom. The normalized spacial score (nSPS) is 19.4. The quantitative estimate of drug-likeness (QED) is 0.660. The SMILES string of the molecule is COc1ccc([C@@]2(C)NC(=O)N(CC(=O)c3ccccc3F)C2=O)cc1. The predicted octanol–water partition coefficient (Wildman–Crippen LogP) is 2.48. The predicted molar refractivity (Wildman–Crippen MR) is 91.3 cm³/mol. The van der Waals surface area contributed by atoms with Crippen LogP contribution in [0.4, 0.5) is 9.18 Å². The summed E-state index contributed by atoms with van der Waals surface area (Å²) in [5.41, 5.74) is -0.914. The number of amides is 3. The smallest absolute Gasteiger partial charge is 0.325 e. The van der Waals surface area contributed by atoms with Gasteiger partial charge in [0.05, 0.1) is 19.2 Å². The lowest BCUT2D eigenvalue weighted by Crippen LogP contribution is -2.41. The number of ketones is 1. The standard InChI is InChI=1S/C19H17FN2O4/c1-19(12-7-9-13(26-2)10-8-12)17(24)22(18(25)21-19)11-16(23)14-5-3-4-6-15(14)20/h3-10H,11H2,1-2H3,(H,21,25)/t19-/m1/s1. The molecule has 3 rings (SSSR count). The van der Waals surface area contributed by atoms with Crippen LogP contribution < -0.4 is 10.1 Å².